The minimum absolute atomic E-state index is 0.0489. The molecule has 2 heterocycles. The van der Waals surface area contributed by atoms with Crippen molar-refractivity contribution in [1.29, 1.82) is 0 Å². The van der Waals surface area contributed by atoms with E-state index in [4.69, 9.17) is 11.6 Å². The first-order valence-electron chi connectivity index (χ1n) is 6.99. The molecule has 0 N–H and O–H groups in total. The van der Waals surface area contributed by atoms with E-state index in [1.54, 1.807) is 16.7 Å². The monoisotopic (exact) mass is 301 g/mol. The Morgan fingerprint density at radius 2 is 1.95 bits per heavy atom. The predicted octanol–water partition coefficient (Wildman–Crippen LogP) is 3.15. The van der Waals surface area contributed by atoms with Gasteiger partial charge in [0, 0.05) is 23.5 Å². The molecular formula is C16H16ClN3O. The number of halogens is 1. The standard InChI is InChI=1S/C16H16ClN3O/c1-2-3-14-11-20-15(21)8-9-19(16(20)18-14)10-12-4-6-13(17)7-5-12/h4-9,11H,2-3,10H2,1H3. The second-order valence-corrected chi connectivity index (χ2v) is 5.50. The number of hydrogen-bond acceptors (Lipinski definition) is 2. The molecule has 0 atom stereocenters. The summed E-state index contributed by atoms with van der Waals surface area (Å²) in [6.45, 7) is 2.76. The second kappa shape index (κ2) is 5.74. The molecule has 1 aromatic carbocycles. The molecule has 5 heteroatoms. The number of nitrogens with zero attached hydrogens (tertiary/aromatic N) is 3. The predicted molar refractivity (Wildman–Crippen MR) is 84.0 cm³/mol. The zero-order valence-corrected chi connectivity index (χ0v) is 12.5. The van der Waals surface area contributed by atoms with Gasteiger partial charge in [-0.05, 0) is 24.1 Å². The minimum Gasteiger partial charge on any atom is -0.314 e. The third-order valence-corrected chi connectivity index (χ3v) is 3.65. The first kappa shape index (κ1) is 13.9. The molecule has 0 aliphatic carbocycles. The summed E-state index contributed by atoms with van der Waals surface area (Å²) in [5.41, 5.74) is 2.02. The first-order valence-corrected chi connectivity index (χ1v) is 7.37. The lowest BCUT2D eigenvalue weighted by molar-refractivity contribution is 0.777. The fourth-order valence-corrected chi connectivity index (χ4v) is 2.50. The number of benzene rings is 1. The molecule has 0 amide bonds. The van der Waals surface area contributed by atoms with Crippen LogP contribution < -0.4 is 5.56 Å². The highest BCUT2D eigenvalue weighted by Crippen LogP contribution is 2.12. The topological polar surface area (TPSA) is 39.3 Å². The summed E-state index contributed by atoms with van der Waals surface area (Å²) in [5, 5.41) is 0.717. The lowest BCUT2D eigenvalue weighted by atomic mass is 10.2. The van der Waals surface area contributed by atoms with Crippen LogP contribution in [-0.2, 0) is 13.0 Å². The number of rotatable bonds is 4. The van der Waals surface area contributed by atoms with Gasteiger partial charge in [-0.15, -0.1) is 0 Å². The fraction of sp³-hybridized carbons (Fsp3) is 0.250. The van der Waals surface area contributed by atoms with Gasteiger partial charge in [0.25, 0.3) is 5.56 Å². The highest BCUT2D eigenvalue weighted by atomic mass is 35.5. The van der Waals surface area contributed by atoms with E-state index in [-0.39, 0.29) is 5.56 Å². The summed E-state index contributed by atoms with van der Waals surface area (Å²) >= 11 is 5.90. The van der Waals surface area contributed by atoms with Gasteiger partial charge in [0.05, 0.1) is 12.2 Å². The average molecular weight is 302 g/mol. The van der Waals surface area contributed by atoms with Crippen LogP contribution in [0.5, 0.6) is 0 Å². The maximum atomic E-state index is 11.9. The van der Waals surface area contributed by atoms with Gasteiger partial charge in [0.1, 0.15) is 0 Å². The molecule has 2 aromatic heterocycles. The van der Waals surface area contributed by atoms with Crippen LogP contribution in [0.2, 0.25) is 5.02 Å². The van der Waals surface area contributed by atoms with Gasteiger partial charge >= 0.3 is 0 Å². The van der Waals surface area contributed by atoms with Crippen molar-refractivity contribution in [3.05, 3.63) is 69.4 Å². The van der Waals surface area contributed by atoms with E-state index in [1.165, 1.54) is 0 Å². The van der Waals surface area contributed by atoms with Gasteiger partial charge < -0.3 is 4.57 Å². The van der Waals surface area contributed by atoms with Crippen molar-refractivity contribution in [1.82, 2.24) is 14.0 Å². The van der Waals surface area contributed by atoms with E-state index in [1.807, 2.05) is 35.0 Å². The molecule has 0 fully saturated rings. The van der Waals surface area contributed by atoms with Crippen molar-refractivity contribution in [2.75, 3.05) is 0 Å². The zero-order valence-electron chi connectivity index (χ0n) is 11.8. The van der Waals surface area contributed by atoms with E-state index < -0.39 is 0 Å². The van der Waals surface area contributed by atoms with Crippen LogP contribution >= 0.6 is 11.6 Å². The van der Waals surface area contributed by atoms with E-state index in [0.29, 0.717) is 12.3 Å². The minimum atomic E-state index is -0.0489. The molecule has 0 saturated heterocycles. The Kier molecular flexibility index (Phi) is 3.80. The summed E-state index contributed by atoms with van der Waals surface area (Å²) in [7, 11) is 0. The number of fused-ring (bicyclic) bond motifs is 1. The van der Waals surface area contributed by atoms with Crippen LogP contribution in [0.25, 0.3) is 5.78 Å². The number of aryl methyl sites for hydroxylation is 1. The quantitative estimate of drug-likeness (QED) is 0.742. The van der Waals surface area contributed by atoms with E-state index in [0.717, 1.165) is 29.1 Å². The Morgan fingerprint density at radius 1 is 1.19 bits per heavy atom. The van der Waals surface area contributed by atoms with Gasteiger partial charge in [0.2, 0.25) is 5.78 Å². The fourth-order valence-electron chi connectivity index (χ4n) is 2.37. The lowest BCUT2D eigenvalue weighted by Crippen LogP contribution is -2.16. The molecule has 0 radical (unpaired) electrons. The smallest absolute Gasteiger partial charge is 0.258 e. The summed E-state index contributed by atoms with van der Waals surface area (Å²) < 4.78 is 3.59. The molecule has 0 unspecified atom stereocenters. The molecule has 3 rings (SSSR count). The van der Waals surface area contributed by atoms with Crippen molar-refractivity contribution < 1.29 is 0 Å². The highest BCUT2D eigenvalue weighted by Gasteiger charge is 2.07. The molecule has 3 aromatic rings. The van der Waals surface area contributed by atoms with Crippen LogP contribution in [0.3, 0.4) is 0 Å². The maximum Gasteiger partial charge on any atom is 0.258 e. The molecule has 0 bridgehead atoms. The summed E-state index contributed by atoms with van der Waals surface area (Å²) in [5.74, 6) is 0.681. The first-order chi connectivity index (χ1) is 10.2. The Balaban J connectivity index is 2.03. The molecule has 0 aliphatic heterocycles. The van der Waals surface area contributed by atoms with Gasteiger partial charge in [-0.25, -0.2) is 4.98 Å². The lowest BCUT2D eigenvalue weighted by Gasteiger charge is -2.08. The Morgan fingerprint density at radius 3 is 2.67 bits per heavy atom. The van der Waals surface area contributed by atoms with Crippen molar-refractivity contribution in [2.24, 2.45) is 0 Å². The molecule has 0 saturated carbocycles. The molecule has 21 heavy (non-hydrogen) atoms. The maximum absolute atomic E-state index is 11.9. The number of aromatic nitrogens is 3. The second-order valence-electron chi connectivity index (χ2n) is 5.06. The van der Waals surface area contributed by atoms with E-state index >= 15 is 0 Å². The van der Waals surface area contributed by atoms with Crippen molar-refractivity contribution in [2.45, 2.75) is 26.3 Å². The zero-order chi connectivity index (χ0) is 14.8. The third kappa shape index (κ3) is 2.85. The van der Waals surface area contributed by atoms with Crippen LogP contribution in [-0.4, -0.2) is 14.0 Å². The normalized spacial score (nSPS) is 11.1. The molecule has 0 spiro atoms. The summed E-state index contributed by atoms with van der Waals surface area (Å²) in [6.07, 6.45) is 5.51. The molecular weight excluding hydrogens is 286 g/mol. The Hall–Kier alpha value is -2.07. The van der Waals surface area contributed by atoms with Crippen molar-refractivity contribution >= 4 is 17.4 Å². The van der Waals surface area contributed by atoms with Crippen LogP contribution in [0.15, 0.2) is 47.5 Å². The van der Waals surface area contributed by atoms with Gasteiger partial charge in [-0.2, -0.15) is 0 Å². The number of hydrogen-bond donors (Lipinski definition) is 0. The van der Waals surface area contributed by atoms with Crippen LogP contribution in [0, 0.1) is 0 Å². The van der Waals surface area contributed by atoms with E-state index in [2.05, 4.69) is 11.9 Å². The van der Waals surface area contributed by atoms with Crippen molar-refractivity contribution in [3.8, 4) is 0 Å². The SMILES string of the molecule is CCCc1cn2c(=O)ccn(Cc3ccc(Cl)cc3)c2n1. The molecule has 4 nitrogen and oxygen atoms in total. The van der Waals surface area contributed by atoms with Gasteiger partial charge in [0.15, 0.2) is 0 Å². The molecule has 0 aliphatic rings. The van der Waals surface area contributed by atoms with Crippen LogP contribution in [0.4, 0.5) is 0 Å². The summed E-state index contributed by atoms with van der Waals surface area (Å²) in [4.78, 5) is 16.5. The van der Waals surface area contributed by atoms with Gasteiger partial charge in [-0.1, -0.05) is 37.1 Å². The summed E-state index contributed by atoms with van der Waals surface area (Å²) in [6, 6.07) is 9.26. The Bertz CT molecular complexity index is 818. The number of imidazole rings is 1. The van der Waals surface area contributed by atoms with Crippen molar-refractivity contribution in [3.63, 3.8) is 0 Å². The largest absolute Gasteiger partial charge is 0.314 e. The Labute approximate surface area is 127 Å². The molecule has 108 valence electrons. The van der Waals surface area contributed by atoms with Gasteiger partial charge in [-0.3, -0.25) is 9.20 Å². The van der Waals surface area contributed by atoms with E-state index in [9.17, 15) is 4.79 Å². The third-order valence-electron chi connectivity index (χ3n) is 3.40. The van der Waals surface area contributed by atoms with Crippen LogP contribution in [0.1, 0.15) is 24.6 Å². The highest BCUT2D eigenvalue weighted by molar-refractivity contribution is 6.30. The average Bonchev–Trinajstić information content (AvgIpc) is 2.90.